The summed E-state index contributed by atoms with van der Waals surface area (Å²) in [5, 5.41) is 8.26. The van der Waals surface area contributed by atoms with Crippen molar-refractivity contribution in [3.8, 4) is 0 Å². The molecule has 9 heteroatoms. The van der Waals surface area contributed by atoms with E-state index in [2.05, 4.69) is 15.2 Å². The van der Waals surface area contributed by atoms with Crippen molar-refractivity contribution in [2.45, 2.75) is 51.1 Å². The highest BCUT2D eigenvalue weighted by Gasteiger charge is 2.34. The van der Waals surface area contributed by atoms with E-state index in [1.54, 1.807) is 6.20 Å². The SMILES string of the molecule is O=C(c1cn(CC2CCCCC2)nn1)N1CCN(C2CCS(=O)(=O)C2)CC1. The maximum atomic E-state index is 12.7. The Hall–Kier alpha value is -1.48. The maximum Gasteiger partial charge on any atom is 0.276 e. The summed E-state index contributed by atoms with van der Waals surface area (Å²) in [4.78, 5) is 16.8. The zero-order chi connectivity index (χ0) is 18.9. The third-order valence-electron chi connectivity index (χ3n) is 6.25. The molecule has 3 aliphatic rings. The molecular weight excluding hydrogens is 366 g/mol. The predicted molar refractivity (Wildman–Crippen MR) is 101 cm³/mol. The Morgan fingerprint density at radius 2 is 1.81 bits per heavy atom. The number of sulfone groups is 1. The largest absolute Gasteiger partial charge is 0.335 e. The minimum Gasteiger partial charge on any atom is -0.335 e. The zero-order valence-corrected chi connectivity index (χ0v) is 16.6. The second-order valence-electron chi connectivity index (χ2n) is 8.21. The lowest BCUT2D eigenvalue weighted by Crippen LogP contribution is -2.52. The number of nitrogens with zero attached hydrogens (tertiary/aromatic N) is 5. The first kappa shape index (κ1) is 18.9. The normalized spacial score (nSPS) is 27.1. The summed E-state index contributed by atoms with van der Waals surface area (Å²) < 4.78 is 25.2. The van der Waals surface area contributed by atoms with Gasteiger partial charge >= 0.3 is 0 Å². The zero-order valence-electron chi connectivity index (χ0n) is 15.8. The van der Waals surface area contributed by atoms with Gasteiger partial charge < -0.3 is 4.90 Å². The van der Waals surface area contributed by atoms with Crippen LogP contribution in [0.25, 0.3) is 0 Å². The van der Waals surface area contributed by atoms with Gasteiger partial charge in [0, 0.05) is 38.8 Å². The van der Waals surface area contributed by atoms with Crippen LogP contribution in [0.2, 0.25) is 0 Å². The summed E-state index contributed by atoms with van der Waals surface area (Å²) in [6.45, 7) is 3.53. The summed E-state index contributed by atoms with van der Waals surface area (Å²) in [5.74, 6) is 1.13. The molecule has 1 aromatic heterocycles. The van der Waals surface area contributed by atoms with Gasteiger partial charge in [-0.25, -0.2) is 8.42 Å². The quantitative estimate of drug-likeness (QED) is 0.749. The highest BCUT2D eigenvalue weighted by atomic mass is 32.2. The Balaban J connectivity index is 1.29. The molecule has 8 nitrogen and oxygen atoms in total. The van der Waals surface area contributed by atoms with Crippen molar-refractivity contribution in [2.24, 2.45) is 5.92 Å². The monoisotopic (exact) mass is 395 g/mol. The molecule has 0 N–H and O–H groups in total. The molecular formula is C18H29N5O3S. The van der Waals surface area contributed by atoms with Crippen LogP contribution in [0.1, 0.15) is 49.0 Å². The third kappa shape index (κ3) is 4.51. The second-order valence-corrected chi connectivity index (χ2v) is 10.4. The van der Waals surface area contributed by atoms with Gasteiger partial charge in [-0.05, 0) is 25.2 Å². The molecule has 4 rings (SSSR count). The predicted octanol–water partition coefficient (Wildman–Crippen LogP) is 0.803. The van der Waals surface area contributed by atoms with Crippen LogP contribution >= 0.6 is 0 Å². The molecule has 1 saturated carbocycles. The molecule has 0 bridgehead atoms. The van der Waals surface area contributed by atoms with Gasteiger partial charge in [-0.1, -0.05) is 24.5 Å². The Bertz CT molecular complexity index is 764. The average molecular weight is 396 g/mol. The molecule has 2 saturated heterocycles. The minimum atomic E-state index is -2.87. The molecule has 1 unspecified atom stereocenters. The lowest BCUT2D eigenvalue weighted by Gasteiger charge is -2.37. The number of carbonyl (C=O) groups excluding carboxylic acids is 1. The average Bonchev–Trinajstić information content (AvgIpc) is 3.28. The van der Waals surface area contributed by atoms with Gasteiger partial charge in [0.05, 0.1) is 17.7 Å². The van der Waals surface area contributed by atoms with Gasteiger partial charge in [0.1, 0.15) is 0 Å². The van der Waals surface area contributed by atoms with Crippen LogP contribution in [0.4, 0.5) is 0 Å². The van der Waals surface area contributed by atoms with Crippen molar-refractivity contribution < 1.29 is 13.2 Å². The second kappa shape index (κ2) is 7.87. The number of rotatable bonds is 4. The summed E-state index contributed by atoms with van der Waals surface area (Å²) >= 11 is 0. The van der Waals surface area contributed by atoms with Crippen molar-refractivity contribution in [1.29, 1.82) is 0 Å². The van der Waals surface area contributed by atoms with E-state index < -0.39 is 9.84 Å². The van der Waals surface area contributed by atoms with Gasteiger partial charge in [0.25, 0.3) is 5.91 Å². The minimum absolute atomic E-state index is 0.0661. The molecule has 0 radical (unpaired) electrons. The molecule has 1 aliphatic carbocycles. The number of carbonyl (C=O) groups is 1. The number of amides is 1. The highest BCUT2D eigenvalue weighted by Crippen LogP contribution is 2.25. The summed E-state index contributed by atoms with van der Waals surface area (Å²) in [7, 11) is -2.87. The van der Waals surface area contributed by atoms with Gasteiger partial charge in [0.15, 0.2) is 15.5 Å². The molecule has 150 valence electrons. The van der Waals surface area contributed by atoms with Crippen LogP contribution in [-0.4, -0.2) is 82.8 Å². The number of hydrogen-bond acceptors (Lipinski definition) is 6. The van der Waals surface area contributed by atoms with Crippen molar-refractivity contribution in [3.63, 3.8) is 0 Å². The Labute approximate surface area is 160 Å². The fraction of sp³-hybridized carbons (Fsp3) is 0.833. The van der Waals surface area contributed by atoms with E-state index in [1.807, 2.05) is 9.58 Å². The fourth-order valence-corrected chi connectivity index (χ4v) is 6.40. The topological polar surface area (TPSA) is 88.4 Å². The molecule has 1 atom stereocenters. The lowest BCUT2D eigenvalue weighted by atomic mass is 9.89. The highest BCUT2D eigenvalue weighted by molar-refractivity contribution is 7.91. The van der Waals surface area contributed by atoms with Crippen LogP contribution in [0.5, 0.6) is 0 Å². The van der Waals surface area contributed by atoms with E-state index in [0.29, 0.717) is 36.9 Å². The summed E-state index contributed by atoms with van der Waals surface area (Å²) in [5.41, 5.74) is 0.419. The van der Waals surface area contributed by atoms with E-state index in [-0.39, 0.29) is 17.7 Å². The molecule has 2 aliphatic heterocycles. The Kier molecular flexibility index (Phi) is 5.50. The van der Waals surface area contributed by atoms with E-state index in [1.165, 1.54) is 32.1 Å². The fourth-order valence-electron chi connectivity index (χ4n) is 4.64. The van der Waals surface area contributed by atoms with Gasteiger partial charge in [-0.3, -0.25) is 14.4 Å². The van der Waals surface area contributed by atoms with Crippen molar-refractivity contribution in [3.05, 3.63) is 11.9 Å². The van der Waals surface area contributed by atoms with Crippen molar-refractivity contribution >= 4 is 15.7 Å². The van der Waals surface area contributed by atoms with Crippen LogP contribution in [0.15, 0.2) is 6.20 Å². The first-order chi connectivity index (χ1) is 13.0. The third-order valence-corrected chi connectivity index (χ3v) is 8.00. The number of piperazine rings is 1. The van der Waals surface area contributed by atoms with E-state index in [4.69, 9.17) is 0 Å². The lowest BCUT2D eigenvalue weighted by molar-refractivity contribution is 0.0582. The van der Waals surface area contributed by atoms with E-state index in [0.717, 1.165) is 19.6 Å². The Morgan fingerprint density at radius 3 is 2.48 bits per heavy atom. The molecule has 27 heavy (non-hydrogen) atoms. The van der Waals surface area contributed by atoms with Gasteiger partial charge in [0.2, 0.25) is 0 Å². The number of aromatic nitrogens is 3. The van der Waals surface area contributed by atoms with Crippen LogP contribution in [0.3, 0.4) is 0 Å². The first-order valence-corrected chi connectivity index (χ1v) is 12.0. The van der Waals surface area contributed by atoms with Crippen molar-refractivity contribution in [2.75, 3.05) is 37.7 Å². The summed E-state index contributed by atoms with van der Waals surface area (Å²) in [6.07, 6.45) is 8.88. The number of hydrogen-bond donors (Lipinski definition) is 0. The first-order valence-electron chi connectivity index (χ1n) is 10.1. The van der Waals surface area contributed by atoms with Crippen LogP contribution < -0.4 is 0 Å². The maximum absolute atomic E-state index is 12.7. The van der Waals surface area contributed by atoms with Crippen LogP contribution in [0, 0.1) is 5.92 Å². The smallest absolute Gasteiger partial charge is 0.276 e. The Morgan fingerprint density at radius 1 is 1.07 bits per heavy atom. The molecule has 1 amide bonds. The molecule has 3 fully saturated rings. The van der Waals surface area contributed by atoms with Crippen LogP contribution in [-0.2, 0) is 16.4 Å². The standard InChI is InChI=1S/C18H29N5O3S/c24-18(17-13-23(20-19-17)12-15-4-2-1-3-5-15)22-9-7-21(8-10-22)16-6-11-27(25,26)14-16/h13,15-16H,1-12,14H2. The van der Waals surface area contributed by atoms with Gasteiger partial charge in [-0.15, -0.1) is 5.10 Å². The van der Waals surface area contributed by atoms with Crippen molar-refractivity contribution in [1.82, 2.24) is 24.8 Å². The molecule has 1 aromatic rings. The van der Waals surface area contributed by atoms with E-state index in [9.17, 15) is 13.2 Å². The van der Waals surface area contributed by atoms with E-state index >= 15 is 0 Å². The van der Waals surface area contributed by atoms with Gasteiger partial charge in [-0.2, -0.15) is 0 Å². The summed E-state index contributed by atoms with van der Waals surface area (Å²) in [6, 6.07) is 0.114. The molecule has 3 heterocycles. The molecule has 0 aromatic carbocycles. The molecule has 0 spiro atoms.